The first-order chi connectivity index (χ1) is 14.5. The van der Waals surface area contributed by atoms with Crippen molar-refractivity contribution in [3.8, 4) is 5.75 Å². The van der Waals surface area contributed by atoms with Crippen molar-refractivity contribution in [2.75, 3.05) is 20.2 Å². The monoisotopic (exact) mass is 409 g/mol. The van der Waals surface area contributed by atoms with Crippen LogP contribution in [0.5, 0.6) is 5.75 Å². The van der Waals surface area contributed by atoms with Crippen LogP contribution in [0, 0.1) is 5.92 Å². The number of piperazine rings is 1. The van der Waals surface area contributed by atoms with Crippen molar-refractivity contribution < 1.29 is 14.3 Å². The highest BCUT2D eigenvalue weighted by Crippen LogP contribution is 2.25. The lowest BCUT2D eigenvalue weighted by Crippen LogP contribution is -2.65. The topological polar surface area (TPSA) is 62.7 Å². The van der Waals surface area contributed by atoms with E-state index < -0.39 is 6.04 Å². The van der Waals surface area contributed by atoms with E-state index in [0.29, 0.717) is 25.3 Å². The Morgan fingerprint density at radius 2 is 1.90 bits per heavy atom. The predicted molar refractivity (Wildman–Crippen MR) is 116 cm³/mol. The van der Waals surface area contributed by atoms with Gasteiger partial charge in [-0.25, -0.2) is 0 Å². The first kappa shape index (κ1) is 21.8. The number of amides is 2. The quantitative estimate of drug-likeness (QED) is 0.672. The number of ether oxygens (including phenoxy) is 1. The van der Waals surface area contributed by atoms with Gasteiger partial charge in [0, 0.05) is 32.1 Å². The second-order valence-electron chi connectivity index (χ2n) is 7.84. The second-order valence-corrected chi connectivity index (χ2v) is 7.84. The molecular formula is C24H31N3O3. The van der Waals surface area contributed by atoms with E-state index >= 15 is 0 Å². The Morgan fingerprint density at radius 3 is 2.53 bits per heavy atom. The first-order valence-electron chi connectivity index (χ1n) is 10.7. The third-order valence-corrected chi connectivity index (χ3v) is 5.81. The summed E-state index contributed by atoms with van der Waals surface area (Å²) in [6, 6.07) is 12.8. The normalized spacial score (nSPS) is 19.3. The van der Waals surface area contributed by atoms with Crippen molar-refractivity contribution in [3.63, 3.8) is 0 Å². The van der Waals surface area contributed by atoms with E-state index in [-0.39, 0.29) is 23.8 Å². The molecule has 0 radical (unpaired) electrons. The molecule has 0 spiro atoms. The number of benzene rings is 1. The molecule has 0 N–H and O–H groups in total. The molecule has 30 heavy (non-hydrogen) atoms. The van der Waals surface area contributed by atoms with Crippen LogP contribution in [0.2, 0.25) is 0 Å². The molecule has 1 aliphatic heterocycles. The average Bonchev–Trinajstić information content (AvgIpc) is 2.77. The molecule has 0 unspecified atom stereocenters. The molecule has 2 amide bonds. The van der Waals surface area contributed by atoms with Crippen molar-refractivity contribution in [1.29, 1.82) is 0 Å². The van der Waals surface area contributed by atoms with E-state index in [1.54, 1.807) is 24.3 Å². The number of nitrogens with zero attached hydrogens (tertiary/aromatic N) is 3. The van der Waals surface area contributed by atoms with Gasteiger partial charge in [-0.3, -0.25) is 14.6 Å². The molecule has 1 aromatic heterocycles. The van der Waals surface area contributed by atoms with Crippen LogP contribution in [0.15, 0.2) is 54.9 Å². The van der Waals surface area contributed by atoms with Crippen molar-refractivity contribution in [2.24, 2.45) is 5.92 Å². The largest absolute Gasteiger partial charge is 0.490 e. The molecule has 2 aromatic rings. The molecule has 0 bridgehead atoms. The maximum atomic E-state index is 13.5. The maximum Gasteiger partial charge on any atom is 0.245 e. The minimum Gasteiger partial charge on any atom is -0.490 e. The van der Waals surface area contributed by atoms with Crippen molar-refractivity contribution in [2.45, 2.75) is 45.2 Å². The summed E-state index contributed by atoms with van der Waals surface area (Å²) in [5.74, 6) is 0.588. The summed E-state index contributed by atoms with van der Waals surface area (Å²) >= 11 is 0. The predicted octanol–water partition coefficient (Wildman–Crippen LogP) is 3.18. The van der Waals surface area contributed by atoms with Gasteiger partial charge in [-0.1, -0.05) is 44.2 Å². The van der Waals surface area contributed by atoms with Crippen LogP contribution in [-0.2, 0) is 16.0 Å². The minimum absolute atomic E-state index is 0.0178. The summed E-state index contributed by atoms with van der Waals surface area (Å²) in [7, 11) is 1.80. The zero-order valence-electron chi connectivity index (χ0n) is 18.0. The third-order valence-electron chi connectivity index (χ3n) is 5.81. The number of hydrogen-bond donors (Lipinski definition) is 0. The van der Waals surface area contributed by atoms with Gasteiger partial charge in [0.15, 0.2) is 0 Å². The number of likely N-dealkylation sites (N-methyl/N-ethyl adjacent to an activating group) is 1. The van der Waals surface area contributed by atoms with E-state index in [0.717, 1.165) is 18.4 Å². The van der Waals surface area contributed by atoms with Crippen molar-refractivity contribution in [3.05, 3.63) is 60.4 Å². The standard InChI is InChI=1S/C24H31N3O3/c1-4-19(5-2)23(28)27-20(17-30-21-12-9-13-25-15-21)16-26(3)24(29)22(27)14-18-10-7-6-8-11-18/h6-13,15,19-20,22H,4-5,14,16-17H2,1-3H3/t20-,22-/m0/s1. The Morgan fingerprint density at radius 1 is 1.17 bits per heavy atom. The SMILES string of the molecule is CCC(CC)C(=O)N1[C@H](COc2cccnc2)CN(C)C(=O)[C@@H]1Cc1ccccc1. The molecule has 1 saturated heterocycles. The van der Waals surface area contributed by atoms with Gasteiger partial charge in [0.25, 0.3) is 0 Å². The molecule has 2 atom stereocenters. The van der Waals surface area contributed by atoms with Gasteiger partial charge in [-0.05, 0) is 30.5 Å². The van der Waals surface area contributed by atoms with Gasteiger partial charge in [-0.15, -0.1) is 0 Å². The van der Waals surface area contributed by atoms with Crippen molar-refractivity contribution in [1.82, 2.24) is 14.8 Å². The van der Waals surface area contributed by atoms with Gasteiger partial charge in [0.2, 0.25) is 11.8 Å². The molecule has 160 valence electrons. The molecule has 0 aliphatic carbocycles. The van der Waals surface area contributed by atoms with Crippen LogP contribution in [0.1, 0.15) is 32.3 Å². The Balaban J connectivity index is 1.89. The zero-order valence-corrected chi connectivity index (χ0v) is 18.0. The molecule has 1 aliphatic rings. The van der Waals surface area contributed by atoms with Gasteiger partial charge in [-0.2, -0.15) is 0 Å². The van der Waals surface area contributed by atoms with Gasteiger partial charge in [0.1, 0.15) is 18.4 Å². The minimum atomic E-state index is -0.526. The van der Waals surface area contributed by atoms with E-state index in [2.05, 4.69) is 4.98 Å². The molecule has 2 heterocycles. The highest BCUT2D eigenvalue weighted by Gasteiger charge is 2.43. The lowest BCUT2D eigenvalue weighted by molar-refractivity contribution is -0.158. The number of rotatable bonds is 8. The Labute approximate surface area is 178 Å². The third kappa shape index (κ3) is 4.99. The molecule has 6 nitrogen and oxygen atoms in total. The summed E-state index contributed by atoms with van der Waals surface area (Å²) in [6.45, 7) is 4.82. The lowest BCUT2D eigenvalue weighted by atomic mass is 9.94. The fourth-order valence-corrected chi connectivity index (χ4v) is 4.09. The molecule has 1 fully saturated rings. The van der Waals surface area contributed by atoms with Crippen molar-refractivity contribution >= 4 is 11.8 Å². The number of aromatic nitrogens is 1. The first-order valence-corrected chi connectivity index (χ1v) is 10.7. The fourth-order valence-electron chi connectivity index (χ4n) is 4.09. The maximum absolute atomic E-state index is 13.5. The highest BCUT2D eigenvalue weighted by atomic mass is 16.5. The summed E-state index contributed by atoms with van der Waals surface area (Å²) in [5.41, 5.74) is 1.04. The average molecular weight is 410 g/mol. The van der Waals surface area contributed by atoms with Crippen LogP contribution in [0.3, 0.4) is 0 Å². The van der Waals surface area contributed by atoms with E-state index in [1.807, 2.05) is 61.2 Å². The molecule has 0 saturated carbocycles. The Kier molecular flexibility index (Phi) is 7.44. The number of carbonyl (C=O) groups is 2. The summed E-state index contributed by atoms with van der Waals surface area (Å²) < 4.78 is 5.96. The van der Waals surface area contributed by atoms with Crippen LogP contribution in [0.25, 0.3) is 0 Å². The van der Waals surface area contributed by atoms with Gasteiger partial charge < -0.3 is 14.5 Å². The lowest BCUT2D eigenvalue weighted by Gasteiger charge is -2.46. The van der Waals surface area contributed by atoms with Crippen LogP contribution < -0.4 is 4.74 Å². The van der Waals surface area contributed by atoms with Gasteiger partial charge in [0.05, 0.1) is 12.2 Å². The smallest absolute Gasteiger partial charge is 0.245 e. The van der Waals surface area contributed by atoms with E-state index in [4.69, 9.17) is 4.74 Å². The molecule has 1 aromatic carbocycles. The molecule has 6 heteroatoms. The Bertz CT molecular complexity index is 824. The Hall–Kier alpha value is -2.89. The fraction of sp³-hybridized carbons (Fsp3) is 0.458. The second kappa shape index (κ2) is 10.2. The summed E-state index contributed by atoms with van der Waals surface area (Å²) in [5, 5.41) is 0. The molecule has 3 rings (SSSR count). The van der Waals surface area contributed by atoms with Crippen LogP contribution in [-0.4, -0.2) is 58.9 Å². The zero-order chi connectivity index (χ0) is 21.5. The molecular weight excluding hydrogens is 378 g/mol. The number of carbonyl (C=O) groups excluding carboxylic acids is 2. The van der Waals surface area contributed by atoms with Gasteiger partial charge >= 0.3 is 0 Å². The van der Waals surface area contributed by atoms with Crippen LogP contribution >= 0.6 is 0 Å². The van der Waals surface area contributed by atoms with Crippen LogP contribution in [0.4, 0.5) is 0 Å². The summed E-state index contributed by atoms with van der Waals surface area (Å²) in [6.07, 6.45) is 5.36. The number of hydrogen-bond acceptors (Lipinski definition) is 4. The highest BCUT2D eigenvalue weighted by molar-refractivity contribution is 5.90. The van der Waals surface area contributed by atoms with E-state index in [1.165, 1.54) is 0 Å². The number of pyridine rings is 1. The van der Waals surface area contributed by atoms with E-state index in [9.17, 15) is 9.59 Å². The summed E-state index contributed by atoms with van der Waals surface area (Å²) in [4.78, 5) is 34.3.